The quantitative estimate of drug-likeness (QED) is 0.799. The second-order valence-corrected chi connectivity index (χ2v) is 5.30. The van der Waals surface area contributed by atoms with Gasteiger partial charge in [-0.2, -0.15) is 0 Å². The average Bonchev–Trinajstić information content (AvgIpc) is 2.21. The third-order valence-corrected chi connectivity index (χ3v) is 3.38. The molecule has 0 aliphatic rings. The minimum Gasteiger partial charge on any atom is -0.491 e. The van der Waals surface area contributed by atoms with Crippen LogP contribution in [0.5, 0.6) is 5.75 Å². The van der Waals surface area contributed by atoms with Crippen molar-refractivity contribution in [1.82, 2.24) is 0 Å². The molecule has 96 valence electrons. The minimum absolute atomic E-state index is 0.133. The van der Waals surface area contributed by atoms with Crippen LogP contribution in [-0.2, 0) is 14.8 Å². The lowest BCUT2D eigenvalue weighted by Gasteiger charge is -2.12. The highest BCUT2D eigenvalue weighted by Crippen LogP contribution is 2.25. The molecular formula is C11H17NO4S. The van der Waals surface area contributed by atoms with Gasteiger partial charge in [0, 0.05) is 7.11 Å². The van der Waals surface area contributed by atoms with E-state index in [2.05, 4.69) is 0 Å². The fourth-order valence-electron chi connectivity index (χ4n) is 1.46. The van der Waals surface area contributed by atoms with Crippen LogP contribution in [0, 0.1) is 13.8 Å². The second kappa shape index (κ2) is 5.48. The van der Waals surface area contributed by atoms with Gasteiger partial charge in [0.2, 0.25) is 10.0 Å². The van der Waals surface area contributed by atoms with Gasteiger partial charge in [0.25, 0.3) is 0 Å². The van der Waals surface area contributed by atoms with Gasteiger partial charge in [0.05, 0.1) is 11.5 Å². The molecule has 0 heterocycles. The molecule has 0 saturated carbocycles. The molecule has 0 bridgehead atoms. The fraction of sp³-hybridized carbons (Fsp3) is 0.455. The van der Waals surface area contributed by atoms with E-state index >= 15 is 0 Å². The van der Waals surface area contributed by atoms with Crippen LogP contribution in [-0.4, -0.2) is 28.7 Å². The summed E-state index contributed by atoms with van der Waals surface area (Å²) in [5.41, 5.74) is 1.31. The molecule has 0 radical (unpaired) electrons. The lowest BCUT2D eigenvalue weighted by molar-refractivity contribution is 0.146. The summed E-state index contributed by atoms with van der Waals surface area (Å²) >= 11 is 0. The van der Waals surface area contributed by atoms with E-state index in [0.717, 1.165) is 5.56 Å². The van der Waals surface area contributed by atoms with E-state index in [0.29, 0.717) is 24.5 Å². The van der Waals surface area contributed by atoms with Gasteiger partial charge in [-0.15, -0.1) is 0 Å². The van der Waals surface area contributed by atoms with Gasteiger partial charge in [-0.05, 0) is 37.1 Å². The number of rotatable bonds is 5. The Morgan fingerprint density at radius 2 is 1.82 bits per heavy atom. The van der Waals surface area contributed by atoms with Gasteiger partial charge in [-0.1, -0.05) is 0 Å². The molecule has 1 aromatic rings. The van der Waals surface area contributed by atoms with Gasteiger partial charge < -0.3 is 9.47 Å². The molecule has 1 aromatic carbocycles. The highest BCUT2D eigenvalue weighted by Gasteiger charge is 2.14. The number of primary sulfonamides is 1. The van der Waals surface area contributed by atoms with Crippen LogP contribution in [0.4, 0.5) is 0 Å². The molecule has 0 aromatic heterocycles. The highest BCUT2D eigenvalue weighted by atomic mass is 32.2. The number of methoxy groups -OCH3 is 1. The SMILES string of the molecule is COCCOc1cc(C)c(S(N)(=O)=O)cc1C. The Balaban J connectivity index is 3.02. The van der Waals surface area contributed by atoms with Gasteiger partial charge in [-0.25, -0.2) is 13.6 Å². The Hall–Kier alpha value is -1.11. The molecule has 0 fully saturated rings. The van der Waals surface area contributed by atoms with Crippen molar-refractivity contribution in [3.8, 4) is 5.75 Å². The van der Waals surface area contributed by atoms with E-state index in [1.165, 1.54) is 6.07 Å². The van der Waals surface area contributed by atoms with Crippen molar-refractivity contribution in [2.24, 2.45) is 5.14 Å². The van der Waals surface area contributed by atoms with Crippen molar-refractivity contribution in [2.75, 3.05) is 20.3 Å². The predicted molar refractivity (Wildman–Crippen MR) is 64.7 cm³/mol. The number of aryl methyl sites for hydroxylation is 2. The molecule has 1 rings (SSSR count). The van der Waals surface area contributed by atoms with Crippen molar-refractivity contribution in [3.63, 3.8) is 0 Å². The summed E-state index contributed by atoms with van der Waals surface area (Å²) < 4.78 is 32.9. The van der Waals surface area contributed by atoms with Crippen molar-refractivity contribution in [3.05, 3.63) is 23.3 Å². The summed E-state index contributed by atoms with van der Waals surface area (Å²) in [6.07, 6.45) is 0. The maximum atomic E-state index is 11.3. The molecule has 0 saturated heterocycles. The molecule has 6 heteroatoms. The first-order valence-electron chi connectivity index (χ1n) is 5.12. The van der Waals surface area contributed by atoms with Crippen molar-refractivity contribution in [2.45, 2.75) is 18.7 Å². The number of hydrogen-bond donors (Lipinski definition) is 1. The number of sulfonamides is 1. The van der Waals surface area contributed by atoms with Gasteiger partial charge >= 0.3 is 0 Å². The molecule has 0 aliphatic heterocycles. The summed E-state index contributed by atoms with van der Waals surface area (Å²) in [7, 11) is -2.09. The summed E-state index contributed by atoms with van der Waals surface area (Å²) in [5.74, 6) is 0.645. The van der Waals surface area contributed by atoms with E-state index in [-0.39, 0.29) is 4.90 Å². The molecule has 0 unspecified atom stereocenters. The fourth-order valence-corrected chi connectivity index (χ4v) is 2.31. The molecule has 2 N–H and O–H groups in total. The van der Waals surface area contributed by atoms with E-state index in [4.69, 9.17) is 14.6 Å². The van der Waals surface area contributed by atoms with Crippen molar-refractivity contribution < 1.29 is 17.9 Å². The Kier molecular flexibility index (Phi) is 4.50. The maximum Gasteiger partial charge on any atom is 0.238 e. The number of nitrogens with two attached hydrogens (primary N) is 1. The topological polar surface area (TPSA) is 78.6 Å². The van der Waals surface area contributed by atoms with E-state index < -0.39 is 10.0 Å². The monoisotopic (exact) mass is 259 g/mol. The van der Waals surface area contributed by atoms with Crippen LogP contribution in [0.25, 0.3) is 0 Å². The first kappa shape index (κ1) is 14.0. The molecule has 17 heavy (non-hydrogen) atoms. The number of ether oxygens (including phenoxy) is 2. The van der Waals surface area contributed by atoms with Gasteiger partial charge in [0.1, 0.15) is 12.4 Å². The molecular weight excluding hydrogens is 242 g/mol. The molecule has 0 spiro atoms. The van der Waals surface area contributed by atoms with Crippen LogP contribution in [0.1, 0.15) is 11.1 Å². The number of benzene rings is 1. The smallest absolute Gasteiger partial charge is 0.238 e. The number of hydrogen-bond acceptors (Lipinski definition) is 4. The van der Waals surface area contributed by atoms with Crippen LogP contribution in [0.2, 0.25) is 0 Å². The molecule has 0 aliphatic carbocycles. The molecule has 0 amide bonds. The first-order valence-corrected chi connectivity index (χ1v) is 6.66. The van der Waals surface area contributed by atoms with Crippen LogP contribution in [0.15, 0.2) is 17.0 Å². The summed E-state index contributed by atoms with van der Waals surface area (Å²) in [6, 6.07) is 3.19. The highest BCUT2D eigenvalue weighted by molar-refractivity contribution is 7.89. The lowest BCUT2D eigenvalue weighted by Crippen LogP contribution is -2.14. The largest absolute Gasteiger partial charge is 0.491 e. The first-order chi connectivity index (χ1) is 7.86. The van der Waals surface area contributed by atoms with Crippen molar-refractivity contribution in [1.29, 1.82) is 0 Å². The van der Waals surface area contributed by atoms with E-state index in [9.17, 15) is 8.42 Å². The van der Waals surface area contributed by atoms with Crippen LogP contribution >= 0.6 is 0 Å². The standard InChI is InChI=1S/C11H17NO4S/c1-8-7-11(17(12,13)14)9(2)6-10(8)16-5-4-15-3/h6-7H,4-5H2,1-3H3,(H2,12,13,14). The lowest BCUT2D eigenvalue weighted by atomic mass is 10.1. The minimum atomic E-state index is -3.68. The summed E-state index contributed by atoms with van der Waals surface area (Å²) in [4.78, 5) is 0.133. The Labute approximate surface area is 102 Å². The zero-order valence-corrected chi connectivity index (χ0v) is 11.0. The van der Waals surface area contributed by atoms with Gasteiger partial charge in [-0.3, -0.25) is 0 Å². The van der Waals surface area contributed by atoms with Crippen LogP contribution in [0.3, 0.4) is 0 Å². The van der Waals surface area contributed by atoms with E-state index in [1.807, 2.05) is 0 Å². The van der Waals surface area contributed by atoms with Gasteiger partial charge in [0.15, 0.2) is 0 Å². The molecule has 0 atom stereocenters. The summed E-state index contributed by atoms with van der Waals surface area (Å²) in [6.45, 7) is 4.36. The summed E-state index contributed by atoms with van der Waals surface area (Å²) in [5, 5.41) is 5.11. The van der Waals surface area contributed by atoms with Crippen LogP contribution < -0.4 is 9.88 Å². The average molecular weight is 259 g/mol. The maximum absolute atomic E-state index is 11.3. The molecule has 5 nitrogen and oxygen atoms in total. The third-order valence-electron chi connectivity index (χ3n) is 2.32. The zero-order chi connectivity index (χ0) is 13.1. The Bertz CT molecular complexity index is 496. The Morgan fingerprint density at radius 1 is 1.18 bits per heavy atom. The third kappa shape index (κ3) is 3.69. The Morgan fingerprint density at radius 3 is 2.35 bits per heavy atom. The predicted octanol–water partition coefficient (Wildman–Crippen LogP) is 0.976. The normalized spacial score (nSPS) is 11.5. The zero-order valence-electron chi connectivity index (χ0n) is 10.2. The second-order valence-electron chi connectivity index (χ2n) is 3.77. The van der Waals surface area contributed by atoms with E-state index in [1.54, 1.807) is 27.0 Å². The van der Waals surface area contributed by atoms with Crippen molar-refractivity contribution >= 4 is 10.0 Å².